The first-order valence-electron chi connectivity index (χ1n) is 7.32. The predicted octanol–water partition coefficient (Wildman–Crippen LogP) is 5.19. The molecular weight excluding hydrogens is 288 g/mol. The molecule has 0 atom stereocenters. The Hall–Kier alpha value is -2.94. The smallest absolute Gasteiger partial charge is 0.127 e. The Kier molecular flexibility index (Phi) is 5.64. The van der Waals surface area contributed by atoms with Crippen LogP contribution in [0.2, 0.25) is 0 Å². The Balaban J connectivity index is 0.000000203. The van der Waals surface area contributed by atoms with Gasteiger partial charge in [0.1, 0.15) is 23.0 Å². The van der Waals surface area contributed by atoms with E-state index in [1.807, 2.05) is 48.5 Å². The van der Waals surface area contributed by atoms with Crippen LogP contribution >= 0.6 is 0 Å². The van der Waals surface area contributed by atoms with Gasteiger partial charge in [-0.1, -0.05) is 35.4 Å². The molecule has 118 valence electrons. The third-order valence-corrected chi connectivity index (χ3v) is 3.13. The maximum Gasteiger partial charge on any atom is 0.127 e. The molecule has 0 radical (unpaired) electrons. The van der Waals surface area contributed by atoms with E-state index >= 15 is 0 Å². The summed E-state index contributed by atoms with van der Waals surface area (Å²) in [5, 5.41) is 17.3. The van der Waals surface area contributed by atoms with Gasteiger partial charge in [0.2, 0.25) is 0 Å². The Labute approximate surface area is 136 Å². The zero-order chi connectivity index (χ0) is 16.7. The zero-order valence-electron chi connectivity index (χ0n) is 13.2. The fourth-order valence-corrected chi connectivity index (χ4v) is 1.80. The number of ether oxygens (including phenoxy) is 1. The van der Waals surface area contributed by atoms with Crippen molar-refractivity contribution in [3.05, 3.63) is 83.9 Å². The van der Waals surface area contributed by atoms with Crippen LogP contribution in [0.4, 0.5) is 0 Å². The topological polar surface area (TPSA) is 49.7 Å². The lowest BCUT2D eigenvalue weighted by Gasteiger charge is -2.05. The minimum atomic E-state index is 0.169. The van der Waals surface area contributed by atoms with E-state index in [-0.39, 0.29) is 11.5 Å². The molecule has 2 N–H and O–H groups in total. The summed E-state index contributed by atoms with van der Waals surface area (Å²) in [6.45, 7) is 4.13. The second-order valence-corrected chi connectivity index (χ2v) is 5.24. The minimum absolute atomic E-state index is 0.169. The van der Waals surface area contributed by atoms with Crippen molar-refractivity contribution in [2.75, 3.05) is 0 Å². The van der Waals surface area contributed by atoms with E-state index < -0.39 is 0 Å². The maximum absolute atomic E-state index is 8.65. The molecule has 0 saturated carbocycles. The van der Waals surface area contributed by atoms with Crippen molar-refractivity contribution in [1.82, 2.24) is 0 Å². The Bertz CT molecular complexity index is 650. The highest BCUT2D eigenvalue weighted by atomic mass is 16.5. The molecule has 0 bridgehead atoms. The lowest BCUT2D eigenvalue weighted by atomic mass is 10.2. The van der Waals surface area contributed by atoms with Crippen LogP contribution in [0.5, 0.6) is 23.0 Å². The van der Waals surface area contributed by atoms with Crippen LogP contribution in [0, 0.1) is 13.8 Å². The summed E-state index contributed by atoms with van der Waals surface area (Å²) < 4.78 is 5.69. The second kappa shape index (κ2) is 7.90. The molecule has 0 saturated heterocycles. The van der Waals surface area contributed by atoms with Crippen molar-refractivity contribution < 1.29 is 14.9 Å². The summed E-state index contributed by atoms with van der Waals surface area (Å²) in [7, 11) is 0. The molecule has 3 aromatic rings. The van der Waals surface area contributed by atoms with E-state index in [1.54, 1.807) is 0 Å². The monoisotopic (exact) mass is 308 g/mol. The van der Waals surface area contributed by atoms with Crippen LogP contribution in [0.1, 0.15) is 11.1 Å². The highest BCUT2D eigenvalue weighted by molar-refractivity contribution is 5.34. The van der Waals surface area contributed by atoms with Gasteiger partial charge in [-0.05, 0) is 62.4 Å². The van der Waals surface area contributed by atoms with Crippen LogP contribution in [-0.2, 0) is 0 Å². The maximum atomic E-state index is 8.65. The number of phenolic OH excluding ortho intramolecular Hbond substituents is 2. The molecule has 3 heteroatoms. The number of aryl methyl sites for hydroxylation is 2. The summed E-state index contributed by atoms with van der Waals surface area (Å²) in [5.74, 6) is 2.10. The van der Waals surface area contributed by atoms with Crippen molar-refractivity contribution in [3.63, 3.8) is 0 Å². The fourth-order valence-electron chi connectivity index (χ4n) is 1.80. The van der Waals surface area contributed by atoms with Crippen LogP contribution < -0.4 is 4.74 Å². The first kappa shape index (κ1) is 16.4. The molecule has 0 spiro atoms. The molecule has 0 unspecified atom stereocenters. The van der Waals surface area contributed by atoms with Crippen molar-refractivity contribution in [1.29, 1.82) is 0 Å². The fraction of sp³-hybridized carbons (Fsp3) is 0.100. The molecule has 3 nitrogen and oxygen atoms in total. The molecule has 23 heavy (non-hydrogen) atoms. The molecule has 0 fully saturated rings. The van der Waals surface area contributed by atoms with Gasteiger partial charge in [0.05, 0.1) is 0 Å². The average Bonchev–Trinajstić information content (AvgIpc) is 2.55. The Morgan fingerprint density at radius 1 is 0.522 bits per heavy atom. The quantitative estimate of drug-likeness (QED) is 0.640. The van der Waals surface area contributed by atoms with E-state index in [9.17, 15) is 0 Å². The molecule has 0 heterocycles. The van der Waals surface area contributed by atoms with Crippen molar-refractivity contribution >= 4 is 0 Å². The zero-order valence-corrected chi connectivity index (χ0v) is 13.2. The lowest BCUT2D eigenvalue weighted by Crippen LogP contribution is -1.84. The summed E-state index contributed by atoms with van der Waals surface area (Å²) in [4.78, 5) is 0. The highest BCUT2D eigenvalue weighted by Crippen LogP contribution is 2.21. The van der Waals surface area contributed by atoms with Crippen LogP contribution in [0.25, 0.3) is 0 Å². The van der Waals surface area contributed by atoms with Gasteiger partial charge < -0.3 is 14.9 Å². The first-order valence-corrected chi connectivity index (χ1v) is 7.32. The third kappa shape index (κ3) is 5.75. The average molecular weight is 308 g/mol. The highest BCUT2D eigenvalue weighted by Gasteiger charge is 1.95. The van der Waals surface area contributed by atoms with Gasteiger partial charge in [-0.2, -0.15) is 0 Å². The van der Waals surface area contributed by atoms with Crippen molar-refractivity contribution in [3.8, 4) is 23.0 Å². The number of rotatable bonds is 2. The van der Waals surface area contributed by atoms with E-state index in [0.717, 1.165) is 11.5 Å². The predicted molar refractivity (Wildman–Crippen MR) is 92.2 cm³/mol. The van der Waals surface area contributed by atoms with Crippen LogP contribution in [0.3, 0.4) is 0 Å². The molecule has 3 aromatic carbocycles. The Morgan fingerprint density at radius 3 is 1.13 bits per heavy atom. The largest absolute Gasteiger partial charge is 0.508 e. The molecule has 0 aliphatic rings. The number of phenols is 2. The molecule has 0 amide bonds. The van der Waals surface area contributed by atoms with Gasteiger partial charge in [-0.25, -0.2) is 0 Å². The number of hydrogen-bond acceptors (Lipinski definition) is 3. The van der Waals surface area contributed by atoms with Crippen molar-refractivity contribution in [2.45, 2.75) is 13.8 Å². The van der Waals surface area contributed by atoms with Gasteiger partial charge >= 0.3 is 0 Å². The van der Waals surface area contributed by atoms with E-state index in [4.69, 9.17) is 14.9 Å². The first-order chi connectivity index (χ1) is 11.0. The van der Waals surface area contributed by atoms with Gasteiger partial charge in [0.25, 0.3) is 0 Å². The lowest BCUT2D eigenvalue weighted by molar-refractivity contribution is 0.460. The molecule has 0 aliphatic carbocycles. The Morgan fingerprint density at radius 2 is 0.826 bits per heavy atom. The molecule has 0 aliphatic heterocycles. The van der Waals surface area contributed by atoms with Crippen LogP contribution in [0.15, 0.2) is 72.8 Å². The second-order valence-electron chi connectivity index (χ2n) is 5.24. The van der Waals surface area contributed by atoms with Crippen molar-refractivity contribution in [2.24, 2.45) is 0 Å². The molecular formula is C20H20O3. The third-order valence-electron chi connectivity index (χ3n) is 3.13. The SMILES string of the molecule is Cc1ccc(Oc2ccc(C)cc2)cc1.Oc1ccc(O)cc1. The van der Waals surface area contributed by atoms with Crippen LogP contribution in [-0.4, -0.2) is 10.2 Å². The summed E-state index contributed by atoms with van der Waals surface area (Å²) >= 11 is 0. The number of benzene rings is 3. The van der Waals surface area contributed by atoms with Gasteiger partial charge in [-0.15, -0.1) is 0 Å². The van der Waals surface area contributed by atoms with E-state index in [0.29, 0.717) is 0 Å². The summed E-state index contributed by atoms with van der Waals surface area (Å²) in [5.41, 5.74) is 2.48. The summed E-state index contributed by atoms with van der Waals surface area (Å²) in [6, 6.07) is 21.8. The van der Waals surface area contributed by atoms with E-state index in [1.165, 1.54) is 35.4 Å². The van der Waals surface area contributed by atoms with Gasteiger partial charge in [0.15, 0.2) is 0 Å². The summed E-state index contributed by atoms with van der Waals surface area (Å²) in [6.07, 6.45) is 0. The normalized spacial score (nSPS) is 9.65. The number of aromatic hydroxyl groups is 2. The standard InChI is InChI=1S/C14H14O.C6H6O2/c1-11-3-7-13(8-4-11)15-14-9-5-12(2)6-10-14;7-5-1-2-6(8)4-3-5/h3-10H,1-2H3;1-4,7-8H. The van der Waals surface area contributed by atoms with Gasteiger partial charge in [-0.3, -0.25) is 0 Å². The minimum Gasteiger partial charge on any atom is -0.508 e. The number of hydrogen-bond donors (Lipinski definition) is 2. The molecule has 0 aromatic heterocycles. The van der Waals surface area contributed by atoms with E-state index in [2.05, 4.69) is 13.8 Å². The molecule has 3 rings (SSSR count). The van der Waals surface area contributed by atoms with Gasteiger partial charge in [0, 0.05) is 0 Å².